The van der Waals surface area contributed by atoms with Gasteiger partial charge in [-0.15, -0.1) is 0 Å². The Morgan fingerprint density at radius 3 is 2.41 bits per heavy atom. The summed E-state index contributed by atoms with van der Waals surface area (Å²) in [6.07, 6.45) is 2.54. The molecule has 0 fully saturated rings. The van der Waals surface area contributed by atoms with Crippen LogP contribution in [0.15, 0.2) is 24.3 Å². The zero-order chi connectivity index (χ0) is 19.6. The van der Waals surface area contributed by atoms with Gasteiger partial charge in [-0.2, -0.15) is 0 Å². The Kier molecular flexibility index (Phi) is 5.65. The minimum atomic E-state index is 0.0756. The Labute approximate surface area is 159 Å². The molecular weight excluding hydrogens is 349 g/mol. The molecule has 2 N–H and O–H groups in total. The third kappa shape index (κ3) is 3.76. The molecule has 27 heavy (non-hydrogen) atoms. The first-order valence-electron chi connectivity index (χ1n) is 9.02. The van der Waals surface area contributed by atoms with Gasteiger partial charge < -0.3 is 24.4 Å². The Hall–Kier alpha value is -2.60. The first-order chi connectivity index (χ1) is 13.0. The van der Waals surface area contributed by atoms with E-state index in [9.17, 15) is 10.2 Å². The van der Waals surface area contributed by atoms with E-state index >= 15 is 0 Å². The summed E-state index contributed by atoms with van der Waals surface area (Å²) in [4.78, 5) is 2.30. The van der Waals surface area contributed by atoms with Crippen LogP contribution in [0, 0.1) is 0 Å². The zero-order valence-electron chi connectivity index (χ0n) is 16.3. The summed E-state index contributed by atoms with van der Waals surface area (Å²) in [7, 11) is 6.73. The van der Waals surface area contributed by atoms with Gasteiger partial charge in [-0.1, -0.05) is 0 Å². The topological polar surface area (TPSA) is 71.4 Å². The monoisotopic (exact) mass is 376 g/mol. The zero-order valence-corrected chi connectivity index (χ0v) is 16.3. The second-order valence-corrected chi connectivity index (χ2v) is 6.86. The third-order valence-corrected chi connectivity index (χ3v) is 5.29. The molecule has 1 heterocycles. The van der Waals surface area contributed by atoms with E-state index in [0.29, 0.717) is 17.2 Å². The number of rotatable bonds is 6. The van der Waals surface area contributed by atoms with E-state index < -0.39 is 0 Å². The quantitative estimate of drug-likeness (QED) is 0.754. The molecule has 0 saturated heterocycles. The molecule has 1 aliphatic rings. The van der Waals surface area contributed by atoms with Gasteiger partial charge in [0.1, 0.15) is 0 Å². The number of hydrogen-bond acceptors (Lipinski definition) is 6. The predicted molar refractivity (Wildman–Crippen MR) is 103 cm³/mol. The minimum absolute atomic E-state index is 0.0756. The van der Waals surface area contributed by atoms with Gasteiger partial charge in [-0.3, -0.25) is 4.90 Å². The molecule has 0 spiro atoms. The van der Waals surface area contributed by atoms with Crippen LogP contribution in [-0.4, -0.2) is 50.0 Å². The molecule has 6 heteroatoms. The molecule has 2 aromatic carbocycles. The summed E-state index contributed by atoms with van der Waals surface area (Å²) >= 11 is 0. The lowest BCUT2D eigenvalue weighted by Gasteiger charge is -2.35. The minimum Gasteiger partial charge on any atom is -0.504 e. The van der Waals surface area contributed by atoms with Crippen molar-refractivity contribution in [2.75, 3.05) is 34.9 Å². The lowest BCUT2D eigenvalue weighted by atomic mass is 9.98. The SMILES string of the molecule is COc1cc2c(cc1O)[C@H]([14CH2]Cc1cc(O)c(OC)c(OC)c1)[15N](C)CC2. The second kappa shape index (κ2) is 7.96. The Balaban J connectivity index is 1.85. The predicted octanol–water partition coefficient (Wildman–Crippen LogP) is 3.29. The summed E-state index contributed by atoms with van der Waals surface area (Å²) in [5.41, 5.74) is 3.32. The van der Waals surface area contributed by atoms with Crippen LogP contribution in [0.25, 0.3) is 0 Å². The fourth-order valence-electron chi connectivity index (χ4n) is 3.83. The number of likely N-dealkylation sites (N-methyl/N-ethyl adjacent to an activating group) is 1. The van der Waals surface area contributed by atoms with Crippen molar-refractivity contribution >= 4 is 0 Å². The number of benzene rings is 2. The van der Waals surface area contributed by atoms with Gasteiger partial charge >= 0.3 is 0 Å². The van der Waals surface area contributed by atoms with Crippen molar-refractivity contribution < 1.29 is 24.4 Å². The van der Waals surface area contributed by atoms with E-state index in [1.54, 1.807) is 20.3 Å². The van der Waals surface area contributed by atoms with Crippen LogP contribution < -0.4 is 14.2 Å². The first-order valence-corrected chi connectivity index (χ1v) is 9.02. The molecule has 0 aromatic heterocycles. The molecule has 0 aliphatic carbocycles. The van der Waals surface area contributed by atoms with Crippen molar-refractivity contribution in [3.63, 3.8) is 0 Å². The van der Waals surface area contributed by atoms with Crippen molar-refractivity contribution in [1.82, 2.24) is 4.90 Å². The van der Waals surface area contributed by atoms with Crippen molar-refractivity contribution in [2.45, 2.75) is 25.3 Å². The number of hydrogen-bond donors (Lipinski definition) is 2. The lowest BCUT2D eigenvalue weighted by molar-refractivity contribution is 0.218. The van der Waals surface area contributed by atoms with Crippen LogP contribution in [0.2, 0.25) is 0 Å². The number of methoxy groups -OCH3 is 3. The van der Waals surface area contributed by atoms with E-state index in [-0.39, 0.29) is 17.5 Å². The van der Waals surface area contributed by atoms with E-state index in [1.807, 2.05) is 18.2 Å². The molecule has 1 atom stereocenters. The number of aryl methyl sites for hydroxylation is 1. The number of phenols is 2. The highest BCUT2D eigenvalue weighted by Crippen LogP contribution is 2.41. The smallest absolute Gasteiger partial charge is 0.203 e. The van der Waals surface area contributed by atoms with Crippen LogP contribution in [0.5, 0.6) is 28.7 Å². The van der Waals surface area contributed by atoms with E-state index in [2.05, 4.69) is 11.9 Å². The standard InChI is InChI=1S/C21H27NO5/c1-22-8-7-14-11-19(25-2)17(23)12-15(14)16(22)6-5-13-9-18(24)21(27-4)20(10-13)26-3/h9-12,16,23-24H,5-8H2,1-4H3/t16-/m0/s1/i6+2,22+1. The number of ether oxygens (including phenoxy) is 3. The number of nitrogens with zero attached hydrogens (tertiary/aromatic N) is 1. The highest BCUT2D eigenvalue weighted by molar-refractivity contribution is 5.53. The molecule has 0 unspecified atom stereocenters. The molecule has 1 aliphatic heterocycles. The Morgan fingerprint density at radius 2 is 1.74 bits per heavy atom. The second-order valence-electron chi connectivity index (χ2n) is 6.86. The molecule has 146 valence electrons. The van der Waals surface area contributed by atoms with E-state index in [1.165, 1.54) is 12.7 Å². The van der Waals surface area contributed by atoms with Gasteiger partial charge in [-0.05, 0) is 67.3 Å². The molecule has 0 amide bonds. The Morgan fingerprint density at radius 1 is 1.00 bits per heavy atom. The number of phenolic OH excluding ortho intramolecular Hbond substituents is 2. The maximum Gasteiger partial charge on any atom is 0.203 e. The van der Waals surface area contributed by atoms with Crippen molar-refractivity contribution in [3.05, 3.63) is 41.0 Å². The van der Waals surface area contributed by atoms with Crippen LogP contribution in [-0.2, 0) is 12.8 Å². The van der Waals surface area contributed by atoms with E-state index in [4.69, 9.17) is 14.2 Å². The van der Waals surface area contributed by atoms with Crippen LogP contribution in [0.4, 0.5) is 0 Å². The Bertz CT molecular complexity index is 821. The summed E-state index contributed by atoms with van der Waals surface area (Å²) < 4.78 is 15.8. The molecule has 2 aromatic rings. The normalized spacial score (nSPS) is 16.7. The maximum atomic E-state index is 10.2. The summed E-state index contributed by atoms with van der Waals surface area (Å²) in [6, 6.07) is 7.55. The van der Waals surface area contributed by atoms with Crippen LogP contribution in [0.3, 0.4) is 0 Å². The van der Waals surface area contributed by atoms with Gasteiger partial charge in [0.2, 0.25) is 5.75 Å². The van der Waals surface area contributed by atoms with Crippen LogP contribution >= 0.6 is 0 Å². The van der Waals surface area contributed by atoms with Crippen molar-refractivity contribution in [3.8, 4) is 28.7 Å². The molecule has 0 saturated carbocycles. The van der Waals surface area contributed by atoms with Gasteiger partial charge in [0.15, 0.2) is 23.0 Å². The van der Waals surface area contributed by atoms with Crippen LogP contribution in [0.1, 0.15) is 29.2 Å². The molecule has 0 radical (unpaired) electrons. The molecule has 3 rings (SSSR count). The van der Waals surface area contributed by atoms with Gasteiger partial charge in [0, 0.05) is 12.6 Å². The molecule has 6 nitrogen and oxygen atoms in total. The summed E-state index contributed by atoms with van der Waals surface area (Å²) in [6.45, 7) is 0.947. The molecule has 0 bridgehead atoms. The fraction of sp³-hybridized carbons (Fsp3) is 0.429. The van der Waals surface area contributed by atoms with E-state index in [0.717, 1.165) is 36.9 Å². The summed E-state index contributed by atoms with van der Waals surface area (Å²) in [5.74, 6) is 1.62. The number of aromatic hydroxyl groups is 2. The highest BCUT2D eigenvalue weighted by Gasteiger charge is 2.26. The first kappa shape index (κ1) is 19.2. The summed E-state index contributed by atoms with van der Waals surface area (Å²) in [5, 5.41) is 20.4. The maximum absolute atomic E-state index is 10.2. The van der Waals surface area contributed by atoms with Crippen molar-refractivity contribution in [2.24, 2.45) is 0 Å². The van der Waals surface area contributed by atoms with Gasteiger partial charge in [0.05, 0.1) is 21.3 Å². The largest absolute Gasteiger partial charge is 0.504 e. The average Bonchev–Trinajstić information content (AvgIpc) is 2.66. The third-order valence-electron chi connectivity index (χ3n) is 5.29. The fourth-order valence-corrected chi connectivity index (χ4v) is 3.83. The average molecular weight is 376 g/mol. The van der Waals surface area contributed by atoms with Crippen molar-refractivity contribution in [1.29, 1.82) is 0 Å². The lowest BCUT2D eigenvalue weighted by Crippen LogP contribution is -2.32. The van der Waals surface area contributed by atoms with Gasteiger partial charge in [0.25, 0.3) is 0 Å². The molecular formula is C21H27NO5. The number of fused-ring (bicyclic) bond motifs is 1. The highest BCUT2D eigenvalue weighted by atomic mass is 16.5. The van der Waals surface area contributed by atoms with Gasteiger partial charge in [-0.25, -0.2) is 0 Å².